The second kappa shape index (κ2) is 5.17. The van der Waals surface area contributed by atoms with Gasteiger partial charge in [0.1, 0.15) is 0 Å². The van der Waals surface area contributed by atoms with Crippen molar-refractivity contribution in [2.75, 3.05) is 4.72 Å². The Morgan fingerprint density at radius 1 is 1.35 bits per heavy atom. The molecule has 0 heterocycles. The molecule has 1 rings (SSSR count). The van der Waals surface area contributed by atoms with Crippen molar-refractivity contribution >= 4 is 15.9 Å². The quantitative estimate of drug-likeness (QED) is 0.853. The molecule has 0 bridgehead atoms. The van der Waals surface area contributed by atoms with Gasteiger partial charge in [-0.2, -0.15) is 18.4 Å². The Bertz CT molecular complexity index is 544. The summed E-state index contributed by atoms with van der Waals surface area (Å²) in [4.78, 5) is 0. The second-order valence-corrected chi connectivity index (χ2v) is 5.47. The van der Waals surface area contributed by atoms with Crippen molar-refractivity contribution in [3.63, 3.8) is 0 Å². The minimum atomic E-state index is -3.59. The van der Waals surface area contributed by atoms with Crippen molar-refractivity contribution in [2.24, 2.45) is 0 Å². The number of nitrogens with one attached hydrogen (secondary N) is 2. The zero-order valence-electron chi connectivity index (χ0n) is 9.98. The highest BCUT2D eigenvalue weighted by Gasteiger charge is 2.12. The van der Waals surface area contributed by atoms with E-state index in [-0.39, 0.29) is 6.04 Å². The van der Waals surface area contributed by atoms with Crippen LogP contribution in [0.15, 0.2) is 18.2 Å². The maximum absolute atomic E-state index is 11.7. The van der Waals surface area contributed by atoms with E-state index in [1.165, 1.54) is 6.07 Å². The van der Waals surface area contributed by atoms with Gasteiger partial charge in [0.15, 0.2) is 0 Å². The Morgan fingerprint density at radius 2 is 2.00 bits per heavy atom. The molecule has 0 saturated carbocycles. The molecule has 0 fully saturated rings. The molecule has 0 atom stereocenters. The fourth-order valence-electron chi connectivity index (χ4n) is 1.29. The first-order valence-electron chi connectivity index (χ1n) is 5.15. The highest BCUT2D eigenvalue weighted by Crippen LogP contribution is 2.17. The molecule has 1 aromatic rings. The Balaban J connectivity index is 2.99. The zero-order chi connectivity index (χ0) is 13.1. The largest absolute Gasteiger partial charge is 0.299 e. The molecule has 0 saturated heterocycles. The summed E-state index contributed by atoms with van der Waals surface area (Å²) in [6, 6.07) is 6.63. The van der Waals surface area contributed by atoms with E-state index in [0.717, 1.165) is 5.56 Å². The van der Waals surface area contributed by atoms with Crippen molar-refractivity contribution in [3.8, 4) is 6.07 Å². The van der Waals surface area contributed by atoms with Gasteiger partial charge in [0.2, 0.25) is 0 Å². The minimum absolute atomic E-state index is 0.188. The average Bonchev–Trinajstić information content (AvgIpc) is 2.19. The fourth-order valence-corrected chi connectivity index (χ4v) is 2.47. The van der Waals surface area contributed by atoms with E-state index >= 15 is 0 Å². The summed E-state index contributed by atoms with van der Waals surface area (Å²) in [5, 5.41) is 8.75. The van der Waals surface area contributed by atoms with Gasteiger partial charge >= 0.3 is 0 Å². The average molecular weight is 253 g/mol. The minimum Gasteiger partial charge on any atom is -0.271 e. The van der Waals surface area contributed by atoms with Crippen LogP contribution in [0.3, 0.4) is 0 Å². The van der Waals surface area contributed by atoms with Crippen LogP contribution >= 0.6 is 0 Å². The third kappa shape index (κ3) is 4.06. The second-order valence-electron chi connectivity index (χ2n) is 4.02. The van der Waals surface area contributed by atoms with Crippen molar-refractivity contribution in [1.29, 1.82) is 5.26 Å². The van der Waals surface area contributed by atoms with Crippen molar-refractivity contribution in [1.82, 2.24) is 4.72 Å². The standard InChI is InChI=1S/C11H15N3O2S/c1-8(2)13-17(15,16)14-11-6-10(7-12)5-4-9(11)3/h4-6,8,13-14H,1-3H3. The maximum atomic E-state index is 11.7. The summed E-state index contributed by atoms with van der Waals surface area (Å²) in [7, 11) is -3.59. The number of benzene rings is 1. The van der Waals surface area contributed by atoms with Crippen molar-refractivity contribution in [2.45, 2.75) is 26.8 Å². The molecule has 0 aliphatic carbocycles. The van der Waals surface area contributed by atoms with Crippen LogP contribution in [0, 0.1) is 18.3 Å². The molecule has 0 unspecified atom stereocenters. The van der Waals surface area contributed by atoms with E-state index in [9.17, 15) is 8.42 Å². The molecule has 0 spiro atoms. The molecule has 0 radical (unpaired) electrons. The Labute approximate surface area is 102 Å². The normalized spacial score (nSPS) is 11.2. The monoisotopic (exact) mass is 253 g/mol. The van der Waals surface area contributed by atoms with Crippen LogP contribution < -0.4 is 9.44 Å². The lowest BCUT2D eigenvalue weighted by atomic mass is 10.1. The fraction of sp³-hybridized carbons (Fsp3) is 0.364. The SMILES string of the molecule is Cc1ccc(C#N)cc1NS(=O)(=O)NC(C)C. The highest BCUT2D eigenvalue weighted by atomic mass is 32.2. The lowest BCUT2D eigenvalue weighted by Crippen LogP contribution is -2.35. The van der Waals surface area contributed by atoms with E-state index in [4.69, 9.17) is 5.26 Å². The van der Waals surface area contributed by atoms with Crippen LogP contribution in [0.2, 0.25) is 0 Å². The van der Waals surface area contributed by atoms with Gasteiger partial charge in [0.05, 0.1) is 17.3 Å². The van der Waals surface area contributed by atoms with Gasteiger partial charge in [-0.15, -0.1) is 0 Å². The maximum Gasteiger partial charge on any atom is 0.299 e. The number of hydrogen-bond donors (Lipinski definition) is 2. The zero-order valence-corrected chi connectivity index (χ0v) is 10.8. The molecule has 2 N–H and O–H groups in total. The molecule has 0 aromatic heterocycles. The molecule has 0 amide bonds. The highest BCUT2D eigenvalue weighted by molar-refractivity contribution is 7.90. The smallest absolute Gasteiger partial charge is 0.271 e. The molecule has 17 heavy (non-hydrogen) atoms. The summed E-state index contributed by atoms with van der Waals surface area (Å²) in [5.41, 5.74) is 1.59. The number of nitriles is 1. The van der Waals surface area contributed by atoms with E-state index < -0.39 is 10.2 Å². The first kappa shape index (κ1) is 13.5. The van der Waals surface area contributed by atoms with Gasteiger partial charge < -0.3 is 0 Å². The van der Waals surface area contributed by atoms with Gasteiger partial charge in [-0.3, -0.25) is 4.72 Å². The molecule has 0 aliphatic rings. The van der Waals surface area contributed by atoms with Crippen LogP contribution in [0.5, 0.6) is 0 Å². The summed E-state index contributed by atoms with van der Waals surface area (Å²) in [5.74, 6) is 0. The number of nitrogens with zero attached hydrogens (tertiary/aromatic N) is 1. The number of aryl methyl sites for hydroxylation is 1. The lowest BCUT2D eigenvalue weighted by Gasteiger charge is -2.13. The number of anilines is 1. The molecule has 6 heteroatoms. The predicted molar refractivity (Wildman–Crippen MR) is 66.7 cm³/mol. The summed E-state index contributed by atoms with van der Waals surface area (Å²) >= 11 is 0. The predicted octanol–water partition coefficient (Wildman–Crippen LogP) is 1.52. The molecule has 0 aliphatic heterocycles. The summed E-state index contributed by atoms with van der Waals surface area (Å²) in [6.07, 6.45) is 0. The first-order chi connectivity index (χ1) is 7.84. The van der Waals surface area contributed by atoms with Gasteiger partial charge in [-0.1, -0.05) is 6.07 Å². The Morgan fingerprint density at radius 3 is 2.53 bits per heavy atom. The number of rotatable bonds is 4. The topological polar surface area (TPSA) is 82.0 Å². The molecular formula is C11H15N3O2S. The Kier molecular flexibility index (Phi) is 4.10. The van der Waals surface area contributed by atoms with Crippen LogP contribution in [-0.4, -0.2) is 14.5 Å². The van der Waals surface area contributed by atoms with Crippen LogP contribution in [-0.2, 0) is 10.2 Å². The van der Waals surface area contributed by atoms with Gasteiger partial charge in [-0.05, 0) is 38.5 Å². The molecular weight excluding hydrogens is 238 g/mol. The van der Waals surface area contributed by atoms with E-state index in [2.05, 4.69) is 9.44 Å². The van der Waals surface area contributed by atoms with Crippen LogP contribution in [0.25, 0.3) is 0 Å². The lowest BCUT2D eigenvalue weighted by molar-refractivity contribution is 0.575. The van der Waals surface area contributed by atoms with Gasteiger partial charge in [0, 0.05) is 6.04 Å². The van der Waals surface area contributed by atoms with Gasteiger partial charge in [0.25, 0.3) is 10.2 Å². The first-order valence-corrected chi connectivity index (χ1v) is 6.63. The third-order valence-corrected chi connectivity index (χ3v) is 3.27. The van der Waals surface area contributed by atoms with Crippen molar-refractivity contribution in [3.05, 3.63) is 29.3 Å². The molecule has 5 nitrogen and oxygen atoms in total. The van der Waals surface area contributed by atoms with Crippen LogP contribution in [0.1, 0.15) is 25.0 Å². The Hall–Kier alpha value is -1.58. The van der Waals surface area contributed by atoms with Crippen molar-refractivity contribution < 1.29 is 8.42 Å². The third-order valence-electron chi connectivity index (χ3n) is 2.00. The van der Waals surface area contributed by atoms with Gasteiger partial charge in [-0.25, -0.2) is 0 Å². The number of hydrogen-bond acceptors (Lipinski definition) is 3. The van der Waals surface area contributed by atoms with E-state index in [1.54, 1.807) is 32.9 Å². The van der Waals surface area contributed by atoms with E-state index in [1.807, 2.05) is 6.07 Å². The molecule has 92 valence electrons. The van der Waals surface area contributed by atoms with E-state index in [0.29, 0.717) is 11.3 Å². The molecule has 1 aromatic carbocycles. The summed E-state index contributed by atoms with van der Waals surface area (Å²) < 4.78 is 28.1. The summed E-state index contributed by atoms with van der Waals surface area (Å²) in [6.45, 7) is 5.24. The van der Waals surface area contributed by atoms with Crippen LogP contribution in [0.4, 0.5) is 5.69 Å².